The number of aliphatic hydroxyl groups is 1. The normalized spacial score (nSPS) is 20.6. The van der Waals surface area contributed by atoms with Crippen molar-refractivity contribution in [3.63, 3.8) is 0 Å². The number of β-amino-alcohol motifs (C(OH)–C–C–N with tert-alkyl or cyclic N) is 1. The van der Waals surface area contributed by atoms with Crippen molar-refractivity contribution in [1.82, 2.24) is 4.31 Å². The van der Waals surface area contributed by atoms with E-state index in [1.54, 1.807) is 0 Å². The number of nitrogens with zero attached hydrogens (tertiary/aromatic N) is 1. The van der Waals surface area contributed by atoms with Gasteiger partial charge >= 0.3 is 5.97 Å². The Morgan fingerprint density at radius 2 is 2.11 bits per heavy atom. The number of nitrogens with two attached hydrogens (primary N) is 1. The minimum atomic E-state index is -3.93. The molecule has 1 atom stereocenters. The first-order chi connectivity index (χ1) is 8.82. The Morgan fingerprint density at radius 3 is 2.63 bits per heavy atom. The van der Waals surface area contributed by atoms with Gasteiger partial charge in [-0.1, -0.05) is 0 Å². The minimum Gasteiger partial charge on any atom is -0.478 e. The maximum absolute atomic E-state index is 12.3. The number of hydrogen-bond donors (Lipinski definition) is 3. The number of carboxylic acid groups (broad SMARTS) is 1. The molecule has 1 fully saturated rings. The van der Waals surface area contributed by atoms with Crippen LogP contribution in [0.1, 0.15) is 16.8 Å². The van der Waals surface area contributed by atoms with Gasteiger partial charge in [-0.3, -0.25) is 0 Å². The summed E-state index contributed by atoms with van der Waals surface area (Å²) in [5.41, 5.74) is 5.29. The highest BCUT2D eigenvalue weighted by Gasteiger charge is 2.34. The van der Waals surface area contributed by atoms with Gasteiger partial charge in [-0.15, -0.1) is 0 Å². The van der Waals surface area contributed by atoms with E-state index in [-0.39, 0.29) is 29.2 Å². The van der Waals surface area contributed by atoms with Gasteiger partial charge in [-0.25, -0.2) is 13.2 Å². The zero-order valence-corrected chi connectivity index (χ0v) is 10.8. The number of rotatable bonds is 3. The second-order valence-electron chi connectivity index (χ2n) is 4.37. The van der Waals surface area contributed by atoms with Crippen molar-refractivity contribution in [3.8, 4) is 0 Å². The summed E-state index contributed by atoms with van der Waals surface area (Å²) in [4.78, 5) is 10.8. The molecule has 8 heteroatoms. The van der Waals surface area contributed by atoms with Gasteiger partial charge in [0.25, 0.3) is 0 Å². The molecule has 0 amide bonds. The fraction of sp³-hybridized carbons (Fsp3) is 0.364. The van der Waals surface area contributed by atoms with E-state index in [0.29, 0.717) is 6.42 Å². The van der Waals surface area contributed by atoms with Crippen LogP contribution in [0, 0.1) is 0 Å². The molecule has 0 aliphatic carbocycles. The number of aromatic carboxylic acids is 1. The van der Waals surface area contributed by atoms with E-state index in [9.17, 15) is 18.3 Å². The molecule has 1 aliphatic rings. The van der Waals surface area contributed by atoms with Crippen LogP contribution in [0.25, 0.3) is 0 Å². The van der Waals surface area contributed by atoms with Gasteiger partial charge in [-0.05, 0) is 24.6 Å². The Bertz CT molecular complexity index is 614. The van der Waals surface area contributed by atoms with Gasteiger partial charge in [0, 0.05) is 18.8 Å². The number of nitrogen functional groups attached to an aromatic ring is 1. The van der Waals surface area contributed by atoms with Crippen molar-refractivity contribution in [1.29, 1.82) is 0 Å². The zero-order valence-electron chi connectivity index (χ0n) is 9.98. The van der Waals surface area contributed by atoms with Crippen molar-refractivity contribution in [2.45, 2.75) is 17.4 Å². The standard InChI is InChI=1S/C11H14N2O5S/c12-7-1-2-10(9(5-7)11(15)16)19(17,18)13-4-3-8(14)6-13/h1-2,5,8,14H,3-4,6,12H2,(H,15,16)/t8-/m0/s1. The third kappa shape index (κ3) is 2.55. The average molecular weight is 286 g/mol. The summed E-state index contributed by atoms with van der Waals surface area (Å²) in [6.45, 7) is 0.151. The Kier molecular flexibility index (Phi) is 3.48. The molecule has 0 aromatic heterocycles. The highest BCUT2D eigenvalue weighted by atomic mass is 32.2. The van der Waals surface area contributed by atoms with Crippen molar-refractivity contribution < 1.29 is 23.4 Å². The van der Waals surface area contributed by atoms with Crippen molar-refractivity contribution >= 4 is 21.7 Å². The first-order valence-electron chi connectivity index (χ1n) is 5.63. The van der Waals surface area contributed by atoms with Crippen molar-refractivity contribution in [3.05, 3.63) is 23.8 Å². The van der Waals surface area contributed by atoms with Crippen LogP contribution in [0.4, 0.5) is 5.69 Å². The second kappa shape index (κ2) is 4.80. The highest BCUT2D eigenvalue weighted by molar-refractivity contribution is 7.89. The number of hydrogen-bond acceptors (Lipinski definition) is 5. The summed E-state index contributed by atoms with van der Waals surface area (Å²) in [6.07, 6.45) is -0.367. The predicted octanol–water partition coefficient (Wildman–Crippen LogP) is -0.278. The summed E-state index contributed by atoms with van der Waals surface area (Å²) in [6, 6.07) is 3.63. The molecule has 0 saturated carbocycles. The summed E-state index contributed by atoms with van der Waals surface area (Å²) in [7, 11) is -3.93. The maximum atomic E-state index is 12.3. The lowest BCUT2D eigenvalue weighted by atomic mass is 10.2. The van der Waals surface area contributed by atoms with E-state index in [4.69, 9.17) is 10.8 Å². The Hall–Kier alpha value is -1.64. The molecule has 4 N–H and O–H groups in total. The zero-order chi connectivity index (χ0) is 14.2. The molecule has 0 unspecified atom stereocenters. The molecule has 0 radical (unpaired) electrons. The lowest BCUT2D eigenvalue weighted by molar-refractivity contribution is 0.0692. The lowest BCUT2D eigenvalue weighted by Crippen LogP contribution is -2.31. The van der Waals surface area contributed by atoms with Gasteiger partial charge in [0.15, 0.2) is 0 Å². The van der Waals surface area contributed by atoms with Gasteiger partial charge < -0.3 is 15.9 Å². The molecule has 2 rings (SSSR count). The Morgan fingerprint density at radius 1 is 1.42 bits per heavy atom. The molecular formula is C11H14N2O5S. The van der Waals surface area contributed by atoms with Crippen LogP contribution in [-0.4, -0.2) is 48.1 Å². The second-order valence-corrected chi connectivity index (χ2v) is 6.27. The molecule has 1 saturated heterocycles. The van der Waals surface area contributed by atoms with Crippen LogP contribution in [0.3, 0.4) is 0 Å². The fourth-order valence-corrected chi connectivity index (χ4v) is 3.66. The molecule has 1 heterocycles. The molecule has 7 nitrogen and oxygen atoms in total. The SMILES string of the molecule is Nc1ccc(S(=O)(=O)N2CC[C@H](O)C2)c(C(=O)O)c1. The summed E-state index contributed by atoms with van der Waals surface area (Å²) in [5.74, 6) is -1.36. The van der Waals surface area contributed by atoms with Crippen LogP contribution in [0.15, 0.2) is 23.1 Å². The molecule has 19 heavy (non-hydrogen) atoms. The summed E-state index contributed by atoms with van der Waals surface area (Å²) >= 11 is 0. The highest BCUT2D eigenvalue weighted by Crippen LogP contribution is 2.25. The van der Waals surface area contributed by atoms with Crippen molar-refractivity contribution in [2.24, 2.45) is 0 Å². The molecule has 104 valence electrons. The average Bonchev–Trinajstić information content (AvgIpc) is 2.76. The van der Waals surface area contributed by atoms with E-state index in [2.05, 4.69) is 0 Å². The molecule has 1 aliphatic heterocycles. The van der Waals surface area contributed by atoms with E-state index < -0.39 is 22.1 Å². The number of sulfonamides is 1. The number of aliphatic hydroxyl groups excluding tert-OH is 1. The third-order valence-electron chi connectivity index (χ3n) is 2.98. The fourth-order valence-electron chi connectivity index (χ4n) is 2.01. The van der Waals surface area contributed by atoms with Crippen LogP contribution in [0.2, 0.25) is 0 Å². The van der Waals surface area contributed by atoms with E-state index in [1.807, 2.05) is 0 Å². The summed E-state index contributed by atoms with van der Waals surface area (Å²) < 4.78 is 25.7. The van der Waals surface area contributed by atoms with Crippen LogP contribution in [-0.2, 0) is 10.0 Å². The Balaban J connectivity index is 2.49. The maximum Gasteiger partial charge on any atom is 0.337 e. The van der Waals surface area contributed by atoms with E-state index in [1.165, 1.54) is 12.1 Å². The number of benzene rings is 1. The smallest absolute Gasteiger partial charge is 0.337 e. The van der Waals surface area contributed by atoms with Crippen molar-refractivity contribution in [2.75, 3.05) is 18.8 Å². The van der Waals surface area contributed by atoms with E-state index in [0.717, 1.165) is 10.4 Å². The van der Waals surface area contributed by atoms with E-state index >= 15 is 0 Å². The van der Waals surface area contributed by atoms with Crippen LogP contribution >= 0.6 is 0 Å². The number of carbonyl (C=O) groups is 1. The number of carboxylic acids is 1. The van der Waals surface area contributed by atoms with Gasteiger partial charge in [0.05, 0.1) is 16.6 Å². The molecular weight excluding hydrogens is 272 g/mol. The Labute approximate surface area is 110 Å². The van der Waals surface area contributed by atoms with Gasteiger partial charge in [-0.2, -0.15) is 4.31 Å². The lowest BCUT2D eigenvalue weighted by Gasteiger charge is -2.17. The molecule has 0 bridgehead atoms. The van der Waals surface area contributed by atoms with Crippen LogP contribution < -0.4 is 5.73 Å². The topological polar surface area (TPSA) is 121 Å². The monoisotopic (exact) mass is 286 g/mol. The first kappa shape index (κ1) is 13.8. The van der Waals surface area contributed by atoms with Crippen LogP contribution in [0.5, 0.6) is 0 Å². The molecule has 1 aromatic rings. The molecule has 0 spiro atoms. The predicted molar refractivity (Wildman–Crippen MR) is 67.2 cm³/mol. The minimum absolute atomic E-state index is 0.0221. The quantitative estimate of drug-likeness (QED) is 0.657. The van der Waals surface area contributed by atoms with Gasteiger partial charge in [0.2, 0.25) is 10.0 Å². The van der Waals surface area contributed by atoms with Gasteiger partial charge in [0.1, 0.15) is 0 Å². The first-order valence-corrected chi connectivity index (χ1v) is 7.07. The number of anilines is 1. The summed E-state index contributed by atoms with van der Waals surface area (Å²) in [5, 5.41) is 18.5. The molecule has 1 aromatic carbocycles. The largest absolute Gasteiger partial charge is 0.478 e. The third-order valence-corrected chi connectivity index (χ3v) is 4.90.